The first kappa shape index (κ1) is 29.7. The van der Waals surface area contributed by atoms with Crippen LogP contribution in [0.15, 0.2) is 91.5 Å². The first-order valence-corrected chi connectivity index (χ1v) is 15.7. The van der Waals surface area contributed by atoms with Crippen molar-refractivity contribution in [1.82, 2.24) is 24.6 Å². The molecule has 3 heterocycles. The molecule has 0 bridgehead atoms. The number of benzene rings is 3. The average molecular weight is 619 g/mol. The van der Waals surface area contributed by atoms with E-state index in [-0.39, 0.29) is 23.6 Å². The van der Waals surface area contributed by atoms with E-state index in [4.69, 9.17) is 24.3 Å². The van der Waals surface area contributed by atoms with Crippen LogP contribution < -0.4 is 15.3 Å². The molecule has 6 rings (SSSR count). The molecule has 0 aliphatic carbocycles. The normalized spacial score (nSPS) is 18.7. The van der Waals surface area contributed by atoms with Gasteiger partial charge in [0.2, 0.25) is 0 Å². The van der Waals surface area contributed by atoms with Gasteiger partial charge in [-0.1, -0.05) is 73.3 Å². The Morgan fingerprint density at radius 1 is 1.14 bits per heavy atom. The molecule has 1 unspecified atom stereocenters. The van der Waals surface area contributed by atoms with Crippen LogP contribution in [0.1, 0.15) is 31.6 Å². The van der Waals surface area contributed by atoms with Crippen molar-refractivity contribution >= 4 is 35.5 Å². The standard InChI is InChI=1S/C31H32FN6O5P/c1-20(21(2)40-17-22-9-4-3-5-10-22)37-44(39,43-26-14-8-12-23-11-6-7-13-25(23)26)41-18-24-15-16-27(42-24)38-19-34-28-29(33)35-31(32)36-30(28)38/h3-14,19-20,24,27H,2,15-18H2,1H3,(H,37,39)(H2,33,35,36)/t20-,24-,27+,44?/m0/s1. The maximum absolute atomic E-state index is 14.3. The second kappa shape index (κ2) is 12.7. The van der Waals surface area contributed by atoms with E-state index in [1.54, 1.807) is 17.6 Å². The molecule has 11 nitrogen and oxygen atoms in total. The molecule has 0 saturated carbocycles. The molecule has 228 valence electrons. The van der Waals surface area contributed by atoms with Crippen LogP contribution in [0.25, 0.3) is 21.9 Å². The summed E-state index contributed by atoms with van der Waals surface area (Å²) in [5.74, 6) is 0.721. The number of nitrogen functional groups attached to an aromatic ring is 1. The summed E-state index contributed by atoms with van der Waals surface area (Å²) in [7, 11) is -4.01. The number of nitrogens with zero attached hydrogens (tertiary/aromatic N) is 4. The van der Waals surface area contributed by atoms with Crippen molar-refractivity contribution in [2.24, 2.45) is 0 Å². The molecule has 5 aromatic rings. The third-order valence-corrected chi connectivity index (χ3v) is 8.95. The van der Waals surface area contributed by atoms with E-state index in [9.17, 15) is 8.96 Å². The summed E-state index contributed by atoms with van der Waals surface area (Å²) in [6, 6.07) is 22.2. The van der Waals surface area contributed by atoms with E-state index in [1.165, 1.54) is 6.33 Å². The van der Waals surface area contributed by atoms with Crippen LogP contribution in [-0.2, 0) is 25.2 Å². The van der Waals surface area contributed by atoms with Crippen LogP contribution in [0, 0.1) is 6.08 Å². The van der Waals surface area contributed by atoms with Gasteiger partial charge in [-0.25, -0.2) is 14.6 Å². The van der Waals surface area contributed by atoms with Crippen molar-refractivity contribution in [1.29, 1.82) is 0 Å². The average Bonchev–Trinajstić information content (AvgIpc) is 3.67. The first-order chi connectivity index (χ1) is 21.3. The van der Waals surface area contributed by atoms with Gasteiger partial charge in [-0.2, -0.15) is 14.4 Å². The van der Waals surface area contributed by atoms with Gasteiger partial charge in [-0.05, 0) is 36.8 Å². The van der Waals surface area contributed by atoms with Gasteiger partial charge in [-0.3, -0.25) is 9.09 Å². The molecule has 1 saturated heterocycles. The molecule has 0 amide bonds. The number of fused-ring (bicyclic) bond motifs is 2. The van der Waals surface area contributed by atoms with Crippen molar-refractivity contribution < 1.29 is 27.5 Å². The quantitative estimate of drug-likeness (QED) is 0.0933. The summed E-state index contributed by atoms with van der Waals surface area (Å²) in [4.78, 5) is 11.6. The van der Waals surface area contributed by atoms with Crippen molar-refractivity contribution in [3.63, 3.8) is 0 Å². The SMILES string of the molecule is C=C(OCc1ccccc1)[C@H](C)NP(=O)(OC[C@@H]1CC[C@H](n2cnc3c(N)nc(F)nc32)O1)Oc1cccc2ccccc12. The van der Waals surface area contributed by atoms with Gasteiger partial charge in [0.1, 0.15) is 24.3 Å². The van der Waals surface area contributed by atoms with Crippen LogP contribution in [0.2, 0.25) is 0 Å². The van der Waals surface area contributed by atoms with Gasteiger partial charge >= 0.3 is 13.8 Å². The zero-order valence-corrected chi connectivity index (χ0v) is 24.9. The van der Waals surface area contributed by atoms with E-state index in [1.807, 2.05) is 66.7 Å². The number of aromatic nitrogens is 4. The van der Waals surface area contributed by atoms with Crippen LogP contribution in [-0.4, -0.2) is 38.3 Å². The van der Waals surface area contributed by atoms with Crippen LogP contribution in [0.3, 0.4) is 0 Å². The van der Waals surface area contributed by atoms with Crippen molar-refractivity contribution in [2.75, 3.05) is 12.3 Å². The fourth-order valence-electron chi connectivity index (χ4n) is 5.00. The largest absolute Gasteiger partial charge is 0.492 e. The summed E-state index contributed by atoms with van der Waals surface area (Å²) >= 11 is 0. The Balaban J connectivity index is 1.17. The van der Waals surface area contributed by atoms with Crippen LogP contribution in [0.4, 0.5) is 10.2 Å². The maximum atomic E-state index is 14.3. The lowest BCUT2D eigenvalue weighted by atomic mass is 10.1. The second-order valence-electron chi connectivity index (χ2n) is 10.4. The molecular formula is C31H32FN6O5P. The number of nitrogens with two attached hydrogens (primary N) is 1. The number of nitrogens with one attached hydrogen (secondary N) is 1. The van der Waals surface area contributed by atoms with E-state index < -0.39 is 32.2 Å². The number of ether oxygens (including phenoxy) is 2. The summed E-state index contributed by atoms with van der Waals surface area (Å²) in [6.07, 6.45) is 0.731. The Morgan fingerprint density at radius 2 is 1.91 bits per heavy atom. The minimum absolute atomic E-state index is 0.0479. The summed E-state index contributed by atoms with van der Waals surface area (Å²) in [6.45, 7) is 6.06. The fourth-order valence-corrected chi connectivity index (χ4v) is 6.57. The van der Waals surface area contributed by atoms with Crippen molar-refractivity contribution in [3.8, 4) is 5.75 Å². The zero-order chi connectivity index (χ0) is 30.7. The van der Waals surface area contributed by atoms with Gasteiger partial charge < -0.3 is 19.7 Å². The van der Waals surface area contributed by atoms with Gasteiger partial charge in [0.25, 0.3) is 0 Å². The van der Waals surface area contributed by atoms with Crippen molar-refractivity contribution in [2.45, 2.75) is 44.7 Å². The number of halogens is 1. The zero-order valence-electron chi connectivity index (χ0n) is 24.0. The van der Waals surface area contributed by atoms with Gasteiger partial charge in [0.15, 0.2) is 17.0 Å². The van der Waals surface area contributed by atoms with Gasteiger partial charge in [-0.15, -0.1) is 0 Å². The second-order valence-corrected chi connectivity index (χ2v) is 12.1. The Labute approximate surface area is 253 Å². The number of imidazole rings is 1. The summed E-state index contributed by atoms with van der Waals surface area (Å²) in [5.41, 5.74) is 7.30. The van der Waals surface area contributed by atoms with Gasteiger partial charge in [0.05, 0.1) is 25.1 Å². The number of hydrogen-bond donors (Lipinski definition) is 2. The Hall–Kier alpha value is -4.35. The minimum Gasteiger partial charge on any atom is -0.492 e. The topological polar surface area (TPSA) is 136 Å². The highest BCUT2D eigenvalue weighted by Gasteiger charge is 2.35. The number of rotatable bonds is 12. The fraction of sp³-hybridized carbons (Fsp3) is 0.258. The molecule has 1 aliphatic rings. The number of anilines is 1. The van der Waals surface area contributed by atoms with E-state index in [0.29, 0.717) is 31.0 Å². The highest BCUT2D eigenvalue weighted by molar-refractivity contribution is 7.52. The molecule has 1 fully saturated rings. The third-order valence-electron chi connectivity index (χ3n) is 7.32. The Bertz CT molecular complexity index is 1830. The Morgan fingerprint density at radius 3 is 2.75 bits per heavy atom. The van der Waals surface area contributed by atoms with Crippen LogP contribution >= 0.6 is 7.75 Å². The van der Waals surface area contributed by atoms with Gasteiger partial charge in [0, 0.05) is 5.39 Å². The maximum Gasteiger partial charge on any atom is 0.459 e. The van der Waals surface area contributed by atoms with Crippen LogP contribution in [0.5, 0.6) is 5.75 Å². The van der Waals surface area contributed by atoms with E-state index in [2.05, 4.69) is 26.6 Å². The molecule has 1 aliphatic heterocycles. The van der Waals surface area contributed by atoms with E-state index >= 15 is 0 Å². The molecule has 3 N–H and O–H groups in total. The summed E-state index contributed by atoms with van der Waals surface area (Å²) in [5, 5.41) is 4.69. The van der Waals surface area contributed by atoms with E-state index in [0.717, 1.165) is 16.3 Å². The minimum atomic E-state index is -4.01. The lowest BCUT2D eigenvalue weighted by Gasteiger charge is -2.26. The molecular weight excluding hydrogens is 586 g/mol. The highest BCUT2D eigenvalue weighted by Crippen LogP contribution is 2.48. The molecule has 44 heavy (non-hydrogen) atoms. The molecule has 0 spiro atoms. The molecule has 13 heteroatoms. The Kier molecular flexibility index (Phi) is 8.58. The monoisotopic (exact) mass is 618 g/mol. The molecule has 0 radical (unpaired) electrons. The lowest BCUT2D eigenvalue weighted by Crippen LogP contribution is -2.30. The third kappa shape index (κ3) is 6.58. The predicted molar refractivity (Wildman–Crippen MR) is 164 cm³/mol. The summed E-state index contributed by atoms with van der Waals surface area (Å²) < 4.78 is 54.0. The molecule has 4 atom stereocenters. The number of hydrogen-bond acceptors (Lipinski definition) is 9. The molecule has 3 aromatic carbocycles. The molecule has 2 aromatic heterocycles. The smallest absolute Gasteiger partial charge is 0.459 e. The van der Waals surface area contributed by atoms with Crippen molar-refractivity contribution in [3.05, 3.63) is 103 Å². The first-order valence-electron chi connectivity index (χ1n) is 14.1. The predicted octanol–water partition coefficient (Wildman–Crippen LogP) is 6.29. The highest BCUT2D eigenvalue weighted by atomic mass is 31.2. The lowest BCUT2D eigenvalue weighted by molar-refractivity contribution is -0.0177.